The Morgan fingerprint density at radius 1 is 1.03 bits per heavy atom. The van der Waals surface area contributed by atoms with Crippen LogP contribution in [0.25, 0.3) is 5.82 Å². The van der Waals surface area contributed by atoms with Crippen LogP contribution in [0.3, 0.4) is 0 Å². The van der Waals surface area contributed by atoms with Crippen LogP contribution in [-0.2, 0) is 11.2 Å². The number of benzene rings is 1. The molecule has 0 saturated heterocycles. The molecule has 0 aliphatic heterocycles. The van der Waals surface area contributed by atoms with Crippen LogP contribution < -0.4 is 5.32 Å². The lowest BCUT2D eigenvalue weighted by Gasteiger charge is -2.07. The Labute approximate surface area is 171 Å². The zero-order valence-corrected chi connectivity index (χ0v) is 16.7. The van der Waals surface area contributed by atoms with Crippen LogP contribution in [0.15, 0.2) is 61.3 Å². The minimum atomic E-state index is -0.202. The fraction of sp³-hybridized carbons (Fsp3) is 0.304. The molecule has 2 aromatic heterocycles. The Hall–Kier alpha value is -3.28. The molecular weight excluding hydrogens is 364 g/mol. The molecule has 0 saturated carbocycles. The average Bonchev–Trinajstić information content (AvgIpc) is 3.28. The van der Waals surface area contributed by atoms with Gasteiger partial charge in [0.2, 0.25) is 5.91 Å². The van der Waals surface area contributed by atoms with Crippen molar-refractivity contribution in [2.24, 2.45) is 0 Å². The van der Waals surface area contributed by atoms with Gasteiger partial charge in [-0.25, -0.2) is 9.97 Å². The van der Waals surface area contributed by atoms with Gasteiger partial charge in [-0.2, -0.15) is 0 Å². The number of aryl methyl sites for hydroxylation is 1. The first-order valence-electron chi connectivity index (χ1n) is 10.0. The molecule has 0 spiro atoms. The molecule has 150 valence electrons. The van der Waals surface area contributed by atoms with Gasteiger partial charge in [0, 0.05) is 30.8 Å². The maximum Gasteiger partial charge on any atom is 0.224 e. The Kier molecular flexibility index (Phi) is 7.28. The molecule has 0 unspecified atom stereocenters. The number of Topliss-reactive ketones (excluding diaryl/α,β-unsaturated/α-hetero) is 1. The second kappa shape index (κ2) is 10.3. The van der Waals surface area contributed by atoms with Crippen LogP contribution in [0.4, 0.5) is 5.69 Å². The van der Waals surface area contributed by atoms with Gasteiger partial charge in [-0.1, -0.05) is 44.0 Å². The summed E-state index contributed by atoms with van der Waals surface area (Å²) < 4.78 is 1.78. The maximum absolute atomic E-state index is 12.3. The number of pyridine rings is 1. The van der Waals surface area contributed by atoms with Gasteiger partial charge in [-0.15, -0.1) is 0 Å². The number of anilines is 1. The number of hydrogen-bond donors (Lipinski definition) is 1. The molecule has 29 heavy (non-hydrogen) atoms. The number of nitrogens with zero attached hydrogens (tertiary/aromatic N) is 3. The van der Waals surface area contributed by atoms with Crippen molar-refractivity contribution in [2.75, 3.05) is 5.32 Å². The van der Waals surface area contributed by atoms with Gasteiger partial charge in [0.1, 0.15) is 12.1 Å². The molecule has 6 nitrogen and oxygen atoms in total. The minimum Gasteiger partial charge on any atom is -0.325 e. The number of carbonyl (C=O) groups is 2. The lowest BCUT2D eigenvalue weighted by molar-refractivity contribution is -0.116. The summed E-state index contributed by atoms with van der Waals surface area (Å²) in [5.41, 5.74) is 2.51. The van der Waals surface area contributed by atoms with Crippen LogP contribution in [0.5, 0.6) is 0 Å². The number of imidazole rings is 1. The van der Waals surface area contributed by atoms with Crippen molar-refractivity contribution in [3.05, 3.63) is 72.4 Å². The van der Waals surface area contributed by atoms with Crippen LogP contribution in [-0.4, -0.2) is 26.2 Å². The second-order valence-corrected chi connectivity index (χ2v) is 7.00. The van der Waals surface area contributed by atoms with E-state index in [1.807, 2.05) is 24.3 Å². The topological polar surface area (TPSA) is 76.9 Å². The van der Waals surface area contributed by atoms with Gasteiger partial charge in [0.25, 0.3) is 0 Å². The predicted octanol–water partition coefficient (Wildman–Crippen LogP) is 4.60. The number of ketones is 1. The van der Waals surface area contributed by atoms with Gasteiger partial charge in [-0.05, 0) is 30.5 Å². The molecule has 0 fully saturated rings. The van der Waals surface area contributed by atoms with E-state index in [0.717, 1.165) is 6.42 Å². The zero-order valence-electron chi connectivity index (χ0n) is 16.7. The number of unbranched alkanes of at least 4 members (excludes halogenated alkanes) is 2. The first-order valence-corrected chi connectivity index (χ1v) is 10.0. The summed E-state index contributed by atoms with van der Waals surface area (Å²) in [6.45, 7) is 2.19. The van der Waals surface area contributed by atoms with E-state index < -0.39 is 0 Å². The lowest BCUT2D eigenvalue weighted by atomic mass is 10.0. The molecule has 2 heterocycles. The van der Waals surface area contributed by atoms with E-state index in [9.17, 15) is 9.59 Å². The Bertz CT molecular complexity index is 917. The summed E-state index contributed by atoms with van der Waals surface area (Å²) in [5, 5.41) is 2.78. The smallest absolute Gasteiger partial charge is 0.224 e. The molecule has 1 amide bonds. The molecule has 0 aliphatic rings. The van der Waals surface area contributed by atoms with E-state index in [-0.39, 0.29) is 24.5 Å². The highest BCUT2D eigenvalue weighted by molar-refractivity contribution is 6.00. The molecule has 1 aromatic carbocycles. The molecular formula is C23H26N4O2. The molecule has 0 radical (unpaired) electrons. The van der Waals surface area contributed by atoms with Crippen molar-refractivity contribution in [1.29, 1.82) is 0 Å². The van der Waals surface area contributed by atoms with Crippen LogP contribution >= 0.6 is 0 Å². The first-order chi connectivity index (χ1) is 14.2. The zero-order chi connectivity index (χ0) is 20.5. The third-order valence-electron chi connectivity index (χ3n) is 4.72. The quantitative estimate of drug-likeness (QED) is 0.405. The Balaban J connectivity index is 1.45. The summed E-state index contributed by atoms with van der Waals surface area (Å²) in [4.78, 5) is 32.8. The third kappa shape index (κ3) is 6.10. The summed E-state index contributed by atoms with van der Waals surface area (Å²) in [7, 11) is 0. The summed E-state index contributed by atoms with van der Waals surface area (Å²) in [6, 6.07) is 11.3. The standard InChI is InChI=1S/C23H26N4O2/c1-2-3-4-5-18-6-8-19(9-7-18)21(28)11-13-23(29)26-20-10-12-22(25-16-20)27-15-14-24-17-27/h6-10,12,14-17H,2-5,11,13H2,1H3,(H,26,29). The van der Waals surface area contributed by atoms with E-state index in [1.165, 1.54) is 24.8 Å². The largest absolute Gasteiger partial charge is 0.325 e. The van der Waals surface area contributed by atoms with Crippen LogP contribution in [0.2, 0.25) is 0 Å². The van der Waals surface area contributed by atoms with Gasteiger partial charge in [-0.3, -0.25) is 14.2 Å². The molecule has 0 atom stereocenters. The SMILES string of the molecule is CCCCCc1ccc(C(=O)CCC(=O)Nc2ccc(-n3ccnc3)nc2)cc1. The number of aromatic nitrogens is 3. The van der Waals surface area contributed by atoms with Crippen molar-refractivity contribution in [1.82, 2.24) is 14.5 Å². The normalized spacial score (nSPS) is 10.7. The average molecular weight is 390 g/mol. The van der Waals surface area contributed by atoms with E-state index in [0.29, 0.717) is 17.1 Å². The Morgan fingerprint density at radius 3 is 2.52 bits per heavy atom. The monoisotopic (exact) mass is 390 g/mol. The minimum absolute atomic E-state index is 0.0196. The first kappa shape index (κ1) is 20.5. The summed E-state index contributed by atoms with van der Waals surface area (Å²) in [5.74, 6) is 0.495. The van der Waals surface area contributed by atoms with Gasteiger partial charge in [0.15, 0.2) is 5.78 Å². The molecule has 1 N–H and O–H groups in total. The highest BCUT2D eigenvalue weighted by Gasteiger charge is 2.10. The van der Waals surface area contributed by atoms with Gasteiger partial charge < -0.3 is 5.32 Å². The number of hydrogen-bond acceptors (Lipinski definition) is 4. The van der Waals surface area contributed by atoms with E-state index >= 15 is 0 Å². The number of rotatable bonds is 10. The molecule has 3 rings (SSSR count). The van der Waals surface area contributed by atoms with Gasteiger partial charge >= 0.3 is 0 Å². The number of nitrogens with one attached hydrogen (secondary N) is 1. The summed E-state index contributed by atoms with van der Waals surface area (Å²) in [6.07, 6.45) is 11.7. The molecule has 6 heteroatoms. The van der Waals surface area contributed by atoms with Crippen molar-refractivity contribution in [2.45, 2.75) is 45.4 Å². The van der Waals surface area contributed by atoms with E-state index in [1.54, 1.807) is 41.6 Å². The van der Waals surface area contributed by atoms with Crippen molar-refractivity contribution in [3.63, 3.8) is 0 Å². The van der Waals surface area contributed by atoms with E-state index in [2.05, 4.69) is 22.2 Å². The Morgan fingerprint density at radius 2 is 1.86 bits per heavy atom. The predicted molar refractivity (Wildman–Crippen MR) is 113 cm³/mol. The van der Waals surface area contributed by atoms with Crippen LogP contribution in [0, 0.1) is 0 Å². The van der Waals surface area contributed by atoms with E-state index in [4.69, 9.17) is 0 Å². The maximum atomic E-state index is 12.3. The van der Waals surface area contributed by atoms with Gasteiger partial charge in [0.05, 0.1) is 11.9 Å². The third-order valence-corrected chi connectivity index (χ3v) is 4.72. The molecule has 0 aliphatic carbocycles. The van der Waals surface area contributed by atoms with Crippen molar-refractivity contribution in [3.8, 4) is 5.82 Å². The summed E-state index contributed by atoms with van der Waals surface area (Å²) >= 11 is 0. The molecule has 3 aromatic rings. The fourth-order valence-corrected chi connectivity index (χ4v) is 3.04. The highest BCUT2D eigenvalue weighted by atomic mass is 16.2. The van der Waals surface area contributed by atoms with Crippen molar-refractivity contribution >= 4 is 17.4 Å². The molecule has 0 bridgehead atoms. The highest BCUT2D eigenvalue weighted by Crippen LogP contribution is 2.13. The number of carbonyl (C=O) groups excluding carboxylic acids is 2. The van der Waals surface area contributed by atoms with Crippen LogP contribution in [0.1, 0.15) is 54.9 Å². The van der Waals surface area contributed by atoms with Crippen molar-refractivity contribution < 1.29 is 9.59 Å². The lowest BCUT2D eigenvalue weighted by Crippen LogP contribution is -2.14. The second-order valence-electron chi connectivity index (χ2n) is 7.00. The number of amides is 1. The fourth-order valence-electron chi connectivity index (χ4n) is 3.04.